The van der Waals surface area contributed by atoms with E-state index in [2.05, 4.69) is 5.32 Å². The number of nitrogens with one attached hydrogen (secondary N) is 1. The third-order valence-corrected chi connectivity index (χ3v) is 3.08. The van der Waals surface area contributed by atoms with Gasteiger partial charge in [0, 0.05) is 5.02 Å². The van der Waals surface area contributed by atoms with Gasteiger partial charge in [0.05, 0.1) is 22.0 Å². The van der Waals surface area contributed by atoms with Gasteiger partial charge in [-0.25, -0.2) is 4.39 Å². The molecule has 6 heteroatoms. The zero-order chi connectivity index (χ0) is 14.0. The number of rotatable bonds is 2. The van der Waals surface area contributed by atoms with Crippen LogP contribution in [0.25, 0.3) is 0 Å². The van der Waals surface area contributed by atoms with E-state index in [0.717, 1.165) is 0 Å². The molecular formula is C13H9Cl2FN2O. The maximum Gasteiger partial charge on any atom is 0.257 e. The molecule has 0 aliphatic heterocycles. The molecule has 0 spiro atoms. The zero-order valence-corrected chi connectivity index (χ0v) is 11.1. The van der Waals surface area contributed by atoms with E-state index < -0.39 is 11.7 Å². The Balaban J connectivity index is 2.28. The van der Waals surface area contributed by atoms with Crippen molar-refractivity contribution in [2.24, 2.45) is 0 Å². The number of carbonyl (C=O) groups excluding carboxylic acids is 1. The molecule has 0 aliphatic carbocycles. The van der Waals surface area contributed by atoms with Crippen LogP contribution >= 0.6 is 23.2 Å². The third-order valence-electron chi connectivity index (χ3n) is 2.46. The topological polar surface area (TPSA) is 55.1 Å². The second-order valence-electron chi connectivity index (χ2n) is 3.79. The summed E-state index contributed by atoms with van der Waals surface area (Å²) >= 11 is 11.5. The van der Waals surface area contributed by atoms with E-state index in [4.69, 9.17) is 28.9 Å². The van der Waals surface area contributed by atoms with Crippen LogP contribution in [0.15, 0.2) is 36.4 Å². The molecular weight excluding hydrogens is 290 g/mol. The average molecular weight is 299 g/mol. The van der Waals surface area contributed by atoms with Gasteiger partial charge in [0.25, 0.3) is 5.91 Å². The van der Waals surface area contributed by atoms with Crippen LogP contribution in [-0.2, 0) is 0 Å². The lowest BCUT2D eigenvalue weighted by molar-refractivity contribution is 0.102. The lowest BCUT2D eigenvalue weighted by Crippen LogP contribution is -2.14. The van der Waals surface area contributed by atoms with Crippen LogP contribution < -0.4 is 11.1 Å². The van der Waals surface area contributed by atoms with Gasteiger partial charge in [-0.05, 0) is 30.3 Å². The van der Waals surface area contributed by atoms with Crippen molar-refractivity contribution in [3.05, 3.63) is 57.8 Å². The summed E-state index contributed by atoms with van der Waals surface area (Å²) in [7, 11) is 0. The van der Waals surface area contributed by atoms with Gasteiger partial charge in [-0.3, -0.25) is 4.79 Å². The average Bonchev–Trinajstić information content (AvgIpc) is 2.36. The highest BCUT2D eigenvalue weighted by Crippen LogP contribution is 2.25. The van der Waals surface area contributed by atoms with E-state index >= 15 is 0 Å². The summed E-state index contributed by atoms with van der Waals surface area (Å²) < 4.78 is 13.3. The van der Waals surface area contributed by atoms with Crippen LogP contribution in [0, 0.1) is 5.82 Å². The molecule has 0 fully saturated rings. The van der Waals surface area contributed by atoms with Gasteiger partial charge >= 0.3 is 0 Å². The maximum atomic E-state index is 13.3. The number of anilines is 2. The SMILES string of the molecule is Nc1cc(Cl)ccc1NC(=O)c1cccc(F)c1Cl. The van der Waals surface area contributed by atoms with Crippen LogP contribution in [-0.4, -0.2) is 5.91 Å². The normalized spacial score (nSPS) is 10.3. The van der Waals surface area contributed by atoms with Crippen molar-refractivity contribution in [3.8, 4) is 0 Å². The van der Waals surface area contributed by atoms with Crippen molar-refractivity contribution in [2.45, 2.75) is 0 Å². The third kappa shape index (κ3) is 2.97. The molecule has 0 bridgehead atoms. The Morgan fingerprint density at radius 1 is 1.21 bits per heavy atom. The molecule has 0 aliphatic rings. The molecule has 2 aromatic carbocycles. The Labute approximate surface area is 119 Å². The highest BCUT2D eigenvalue weighted by Gasteiger charge is 2.14. The predicted molar refractivity (Wildman–Crippen MR) is 75.2 cm³/mol. The Bertz CT molecular complexity index is 647. The van der Waals surface area contributed by atoms with E-state index in [-0.39, 0.29) is 10.6 Å². The summed E-state index contributed by atoms with van der Waals surface area (Å²) in [5.74, 6) is -1.20. The number of hydrogen-bond donors (Lipinski definition) is 2. The standard InChI is InChI=1S/C13H9Cl2FN2O/c14-7-4-5-11(10(17)6-7)18-13(19)8-2-1-3-9(16)12(8)15/h1-6H,17H2,(H,18,19). The van der Waals surface area contributed by atoms with E-state index in [1.54, 1.807) is 12.1 Å². The summed E-state index contributed by atoms with van der Waals surface area (Å²) in [4.78, 5) is 12.0. The molecule has 1 amide bonds. The summed E-state index contributed by atoms with van der Waals surface area (Å²) in [6, 6.07) is 8.65. The van der Waals surface area contributed by atoms with E-state index in [9.17, 15) is 9.18 Å². The van der Waals surface area contributed by atoms with Crippen molar-refractivity contribution < 1.29 is 9.18 Å². The summed E-state index contributed by atoms with van der Waals surface area (Å²) in [5, 5.41) is 2.78. The molecule has 0 unspecified atom stereocenters. The molecule has 0 radical (unpaired) electrons. The molecule has 0 saturated carbocycles. The van der Waals surface area contributed by atoms with Crippen molar-refractivity contribution in [1.29, 1.82) is 0 Å². The first-order valence-electron chi connectivity index (χ1n) is 5.29. The highest BCUT2D eigenvalue weighted by atomic mass is 35.5. The number of hydrogen-bond acceptors (Lipinski definition) is 2. The second kappa shape index (κ2) is 5.47. The molecule has 3 N–H and O–H groups in total. The number of halogens is 3. The smallest absolute Gasteiger partial charge is 0.257 e. The van der Waals surface area contributed by atoms with Crippen LogP contribution in [0.3, 0.4) is 0 Å². The van der Waals surface area contributed by atoms with E-state index in [1.165, 1.54) is 24.3 Å². The number of nitrogen functional groups attached to an aromatic ring is 1. The lowest BCUT2D eigenvalue weighted by atomic mass is 10.2. The largest absolute Gasteiger partial charge is 0.397 e. The number of nitrogens with two attached hydrogens (primary N) is 1. The first-order valence-corrected chi connectivity index (χ1v) is 6.05. The zero-order valence-electron chi connectivity index (χ0n) is 9.58. The fraction of sp³-hybridized carbons (Fsp3) is 0. The molecule has 2 rings (SSSR count). The molecule has 0 heterocycles. The Morgan fingerprint density at radius 2 is 1.95 bits per heavy atom. The molecule has 2 aromatic rings. The van der Waals surface area contributed by atoms with Crippen LogP contribution in [0.4, 0.5) is 15.8 Å². The number of benzene rings is 2. The van der Waals surface area contributed by atoms with Gasteiger partial charge in [0.15, 0.2) is 0 Å². The van der Waals surface area contributed by atoms with Crippen LogP contribution in [0.2, 0.25) is 10.0 Å². The maximum absolute atomic E-state index is 13.3. The van der Waals surface area contributed by atoms with Crippen LogP contribution in [0.5, 0.6) is 0 Å². The minimum atomic E-state index is -0.654. The lowest BCUT2D eigenvalue weighted by Gasteiger charge is -2.09. The highest BCUT2D eigenvalue weighted by molar-refractivity contribution is 6.34. The van der Waals surface area contributed by atoms with Gasteiger partial charge in [0.2, 0.25) is 0 Å². The molecule has 0 aromatic heterocycles. The van der Waals surface area contributed by atoms with Gasteiger partial charge < -0.3 is 11.1 Å². The van der Waals surface area contributed by atoms with Gasteiger partial charge in [-0.2, -0.15) is 0 Å². The summed E-state index contributed by atoms with van der Waals surface area (Å²) in [6.45, 7) is 0. The minimum absolute atomic E-state index is 0.0380. The number of carbonyl (C=O) groups is 1. The first-order chi connectivity index (χ1) is 8.99. The molecule has 0 atom stereocenters. The van der Waals surface area contributed by atoms with Crippen molar-refractivity contribution >= 4 is 40.5 Å². The Kier molecular flexibility index (Phi) is 3.93. The monoisotopic (exact) mass is 298 g/mol. The Hall–Kier alpha value is -1.78. The fourth-order valence-electron chi connectivity index (χ4n) is 1.52. The summed E-state index contributed by atoms with van der Waals surface area (Å²) in [6.07, 6.45) is 0. The van der Waals surface area contributed by atoms with Gasteiger partial charge in [-0.1, -0.05) is 29.3 Å². The van der Waals surface area contributed by atoms with Crippen molar-refractivity contribution in [3.63, 3.8) is 0 Å². The van der Waals surface area contributed by atoms with Crippen LogP contribution in [0.1, 0.15) is 10.4 Å². The van der Waals surface area contributed by atoms with Crippen molar-refractivity contribution in [1.82, 2.24) is 0 Å². The van der Waals surface area contributed by atoms with Gasteiger partial charge in [-0.15, -0.1) is 0 Å². The Morgan fingerprint density at radius 3 is 2.63 bits per heavy atom. The van der Waals surface area contributed by atoms with E-state index in [1.807, 2.05) is 0 Å². The fourth-order valence-corrected chi connectivity index (χ4v) is 1.91. The molecule has 0 saturated heterocycles. The number of amides is 1. The predicted octanol–water partition coefficient (Wildman–Crippen LogP) is 3.97. The van der Waals surface area contributed by atoms with Gasteiger partial charge in [0.1, 0.15) is 5.82 Å². The second-order valence-corrected chi connectivity index (χ2v) is 4.60. The molecule has 98 valence electrons. The minimum Gasteiger partial charge on any atom is -0.397 e. The van der Waals surface area contributed by atoms with Crippen molar-refractivity contribution in [2.75, 3.05) is 11.1 Å². The quantitative estimate of drug-likeness (QED) is 0.824. The van der Waals surface area contributed by atoms with E-state index in [0.29, 0.717) is 16.4 Å². The molecule has 19 heavy (non-hydrogen) atoms. The first kappa shape index (κ1) is 13.6. The molecule has 3 nitrogen and oxygen atoms in total. The summed E-state index contributed by atoms with van der Waals surface area (Å²) in [5.41, 5.74) is 6.44.